The van der Waals surface area contributed by atoms with E-state index in [4.69, 9.17) is 9.47 Å². The van der Waals surface area contributed by atoms with Crippen LogP contribution in [0.2, 0.25) is 0 Å². The number of Topliss-reactive ketones (excluding diaryl/α,β-unsaturated/α-hetero) is 1. The number of rotatable bonds is 6. The predicted molar refractivity (Wildman–Crippen MR) is 105 cm³/mol. The predicted octanol–water partition coefficient (Wildman–Crippen LogP) is 1.87. The fourth-order valence-corrected chi connectivity index (χ4v) is 5.30. The van der Waals surface area contributed by atoms with Gasteiger partial charge in [-0.15, -0.1) is 0 Å². The van der Waals surface area contributed by atoms with E-state index in [1.807, 2.05) is 18.2 Å². The summed E-state index contributed by atoms with van der Waals surface area (Å²) in [6.07, 6.45) is 2.82. The standard InChI is InChI=1S/C22H30N2O4/c1-27-21(26)22(9-10-23-11-13-28-14-12-23)19-8-7-18(15-20(22)25)24(19)16-17-5-3-2-4-6-17/h2-6,18-19H,7-16H2,1H3. The number of methoxy groups -OCH3 is 1. The zero-order chi connectivity index (χ0) is 19.6. The molecule has 6 nitrogen and oxygen atoms in total. The van der Waals surface area contributed by atoms with Crippen molar-refractivity contribution in [3.05, 3.63) is 35.9 Å². The quantitative estimate of drug-likeness (QED) is 0.550. The van der Waals surface area contributed by atoms with Crippen LogP contribution in [0.4, 0.5) is 0 Å². The molecule has 3 fully saturated rings. The number of hydrogen-bond acceptors (Lipinski definition) is 6. The van der Waals surface area contributed by atoms with Crippen molar-refractivity contribution >= 4 is 11.8 Å². The molecule has 28 heavy (non-hydrogen) atoms. The molecule has 6 heteroatoms. The molecular weight excluding hydrogens is 356 g/mol. The maximum Gasteiger partial charge on any atom is 0.321 e. The molecule has 0 aliphatic carbocycles. The molecule has 3 saturated heterocycles. The number of ketones is 1. The van der Waals surface area contributed by atoms with Gasteiger partial charge in [0, 0.05) is 38.1 Å². The van der Waals surface area contributed by atoms with Crippen LogP contribution in [0.5, 0.6) is 0 Å². The molecule has 1 aromatic rings. The summed E-state index contributed by atoms with van der Waals surface area (Å²) in [4.78, 5) is 31.0. The first kappa shape index (κ1) is 19.6. The van der Waals surface area contributed by atoms with E-state index in [2.05, 4.69) is 21.9 Å². The number of benzene rings is 1. The van der Waals surface area contributed by atoms with Crippen molar-refractivity contribution in [2.45, 2.75) is 44.3 Å². The number of carbonyl (C=O) groups is 2. The van der Waals surface area contributed by atoms with Gasteiger partial charge in [0.05, 0.1) is 20.3 Å². The summed E-state index contributed by atoms with van der Waals surface area (Å²) < 4.78 is 10.7. The zero-order valence-electron chi connectivity index (χ0n) is 16.6. The first-order valence-corrected chi connectivity index (χ1v) is 10.4. The molecule has 0 aromatic heterocycles. The Kier molecular flexibility index (Phi) is 5.80. The number of fused-ring (bicyclic) bond motifs is 2. The summed E-state index contributed by atoms with van der Waals surface area (Å²) in [5.41, 5.74) is 0.176. The molecule has 0 N–H and O–H groups in total. The van der Waals surface area contributed by atoms with Crippen LogP contribution in [0.3, 0.4) is 0 Å². The lowest BCUT2D eigenvalue weighted by Crippen LogP contribution is -2.61. The molecule has 152 valence electrons. The third-order valence-electron chi connectivity index (χ3n) is 6.81. The summed E-state index contributed by atoms with van der Waals surface area (Å²) in [7, 11) is 1.41. The molecule has 3 heterocycles. The summed E-state index contributed by atoms with van der Waals surface area (Å²) >= 11 is 0. The van der Waals surface area contributed by atoms with E-state index in [1.54, 1.807) is 0 Å². The molecule has 1 aromatic carbocycles. The Morgan fingerprint density at radius 3 is 2.68 bits per heavy atom. The van der Waals surface area contributed by atoms with E-state index < -0.39 is 5.41 Å². The second-order valence-electron chi connectivity index (χ2n) is 8.20. The number of morpholine rings is 1. The minimum absolute atomic E-state index is 0.0735. The molecule has 3 aliphatic rings. The highest BCUT2D eigenvalue weighted by molar-refractivity contribution is 6.05. The lowest BCUT2D eigenvalue weighted by Gasteiger charge is -2.46. The highest BCUT2D eigenvalue weighted by Gasteiger charge is 2.61. The lowest BCUT2D eigenvalue weighted by atomic mass is 9.70. The summed E-state index contributed by atoms with van der Waals surface area (Å²) in [6, 6.07) is 10.5. The van der Waals surface area contributed by atoms with Gasteiger partial charge in [-0.1, -0.05) is 30.3 Å². The van der Waals surface area contributed by atoms with Gasteiger partial charge in [0.25, 0.3) is 0 Å². The van der Waals surface area contributed by atoms with Gasteiger partial charge >= 0.3 is 5.97 Å². The average Bonchev–Trinajstić information content (AvgIpc) is 3.04. The second-order valence-corrected chi connectivity index (χ2v) is 8.20. The average molecular weight is 386 g/mol. The van der Waals surface area contributed by atoms with Gasteiger partial charge in [-0.05, 0) is 31.4 Å². The number of carbonyl (C=O) groups excluding carboxylic acids is 2. The van der Waals surface area contributed by atoms with E-state index in [0.717, 1.165) is 39.0 Å². The summed E-state index contributed by atoms with van der Waals surface area (Å²) in [5, 5.41) is 0. The summed E-state index contributed by atoms with van der Waals surface area (Å²) in [6.45, 7) is 4.64. The van der Waals surface area contributed by atoms with Crippen molar-refractivity contribution in [3.63, 3.8) is 0 Å². The maximum absolute atomic E-state index is 13.3. The minimum atomic E-state index is -1.05. The highest BCUT2D eigenvalue weighted by atomic mass is 16.5. The van der Waals surface area contributed by atoms with Gasteiger partial charge in [0.1, 0.15) is 5.41 Å². The Hall–Kier alpha value is -1.76. The van der Waals surface area contributed by atoms with Crippen molar-refractivity contribution in [2.75, 3.05) is 40.0 Å². The van der Waals surface area contributed by atoms with Crippen molar-refractivity contribution < 1.29 is 19.1 Å². The van der Waals surface area contributed by atoms with E-state index >= 15 is 0 Å². The van der Waals surface area contributed by atoms with Gasteiger partial charge in [-0.25, -0.2) is 0 Å². The molecule has 3 atom stereocenters. The fourth-order valence-electron chi connectivity index (χ4n) is 5.30. The van der Waals surface area contributed by atoms with Crippen LogP contribution in [0.15, 0.2) is 30.3 Å². The maximum atomic E-state index is 13.3. The van der Waals surface area contributed by atoms with Crippen molar-refractivity contribution in [1.29, 1.82) is 0 Å². The Bertz CT molecular complexity index is 704. The van der Waals surface area contributed by atoms with E-state index in [1.165, 1.54) is 12.7 Å². The second kappa shape index (κ2) is 8.31. The Labute approximate surface area is 166 Å². The number of piperidine rings is 1. The van der Waals surface area contributed by atoms with Gasteiger partial charge in [-0.2, -0.15) is 0 Å². The first-order chi connectivity index (χ1) is 13.6. The van der Waals surface area contributed by atoms with Crippen LogP contribution in [0.25, 0.3) is 0 Å². The third kappa shape index (κ3) is 3.49. The van der Waals surface area contributed by atoms with Gasteiger partial charge in [0.15, 0.2) is 5.78 Å². The SMILES string of the molecule is COC(=O)C1(CCN2CCOCC2)C(=O)CC2CCC1N2Cc1ccccc1. The van der Waals surface area contributed by atoms with Crippen LogP contribution in [0, 0.1) is 5.41 Å². The number of hydrogen-bond donors (Lipinski definition) is 0. The third-order valence-corrected chi connectivity index (χ3v) is 6.81. The molecule has 0 amide bonds. The van der Waals surface area contributed by atoms with Crippen molar-refractivity contribution in [3.8, 4) is 0 Å². The number of esters is 1. The molecule has 4 rings (SSSR count). The topological polar surface area (TPSA) is 59.1 Å². The number of nitrogens with zero attached hydrogens (tertiary/aromatic N) is 2. The van der Waals surface area contributed by atoms with Crippen LogP contribution < -0.4 is 0 Å². The summed E-state index contributed by atoms with van der Waals surface area (Å²) in [5.74, 6) is -0.279. The smallest absolute Gasteiger partial charge is 0.321 e. The van der Waals surface area contributed by atoms with Gasteiger partial charge < -0.3 is 9.47 Å². The van der Waals surface area contributed by atoms with Crippen LogP contribution >= 0.6 is 0 Å². The molecule has 3 unspecified atom stereocenters. The normalized spacial score (nSPS) is 31.1. The zero-order valence-corrected chi connectivity index (χ0v) is 16.6. The first-order valence-electron chi connectivity index (χ1n) is 10.4. The van der Waals surface area contributed by atoms with Crippen molar-refractivity contribution in [1.82, 2.24) is 9.80 Å². The minimum Gasteiger partial charge on any atom is -0.468 e. The van der Waals surface area contributed by atoms with E-state index in [0.29, 0.717) is 26.1 Å². The molecule has 0 spiro atoms. The molecular formula is C22H30N2O4. The van der Waals surface area contributed by atoms with Crippen LogP contribution in [-0.2, 0) is 25.6 Å². The largest absolute Gasteiger partial charge is 0.468 e. The monoisotopic (exact) mass is 386 g/mol. The van der Waals surface area contributed by atoms with Crippen molar-refractivity contribution in [2.24, 2.45) is 5.41 Å². The Morgan fingerprint density at radius 1 is 1.21 bits per heavy atom. The Morgan fingerprint density at radius 2 is 1.96 bits per heavy atom. The van der Waals surface area contributed by atoms with Crippen LogP contribution in [0.1, 0.15) is 31.2 Å². The highest BCUT2D eigenvalue weighted by Crippen LogP contribution is 2.48. The Balaban J connectivity index is 1.59. The molecule has 3 aliphatic heterocycles. The molecule has 0 radical (unpaired) electrons. The van der Waals surface area contributed by atoms with E-state index in [9.17, 15) is 9.59 Å². The number of ether oxygens (including phenoxy) is 2. The fraction of sp³-hybridized carbons (Fsp3) is 0.636. The molecule has 2 bridgehead atoms. The van der Waals surface area contributed by atoms with Crippen LogP contribution in [-0.4, -0.2) is 73.6 Å². The van der Waals surface area contributed by atoms with Gasteiger partial charge in [-0.3, -0.25) is 19.4 Å². The van der Waals surface area contributed by atoms with E-state index in [-0.39, 0.29) is 23.8 Å². The van der Waals surface area contributed by atoms with Gasteiger partial charge in [0.2, 0.25) is 0 Å². The molecule has 0 saturated carbocycles. The lowest BCUT2D eigenvalue weighted by molar-refractivity contribution is -0.168.